The first-order chi connectivity index (χ1) is 11.0. The number of rotatable bonds is 4. The van der Waals surface area contributed by atoms with Crippen molar-refractivity contribution in [2.45, 2.75) is 64.3 Å². The molecule has 23 heavy (non-hydrogen) atoms. The molecule has 0 amide bonds. The van der Waals surface area contributed by atoms with Crippen molar-refractivity contribution in [1.29, 1.82) is 0 Å². The number of carboxylic acids is 1. The van der Waals surface area contributed by atoms with Crippen LogP contribution in [0.2, 0.25) is 0 Å². The van der Waals surface area contributed by atoms with Crippen LogP contribution in [0.4, 0.5) is 11.6 Å². The second kappa shape index (κ2) is 6.26. The summed E-state index contributed by atoms with van der Waals surface area (Å²) in [5.41, 5.74) is 1.82. The van der Waals surface area contributed by atoms with Gasteiger partial charge in [0.25, 0.3) is 0 Å². The number of hydrogen-bond donors (Lipinski definition) is 1. The highest BCUT2D eigenvalue weighted by atomic mass is 16.4. The molecular weight excluding hydrogens is 292 g/mol. The summed E-state index contributed by atoms with van der Waals surface area (Å²) in [6.07, 6.45) is 6.24. The van der Waals surface area contributed by atoms with E-state index in [1.807, 2.05) is 7.05 Å². The van der Waals surface area contributed by atoms with Crippen LogP contribution in [0.5, 0.6) is 0 Å². The van der Waals surface area contributed by atoms with Crippen LogP contribution in [-0.4, -0.2) is 39.8 Å². The SMILES string of the molecule is CC(C)N(C)c1nc2c(nc1C1CCCCC1)N=C(C(=O)O)C2. The maximum atomic E-state index is 11.2. The molecule has 124 valence electrons. The normalized spacial score (nSPS) is 18.0. The van der Waals surface area contributed by atoms with Crippen LogP contribution in [-0.2, 0) is 11.2 Å². The van der Waals surface area contributed by atoms with Gasteiger partial charge in [-0.3, -0.25) is 0 Å². The second-order valence-corrected chi connectivity index (χ2v) is 6.78. The van der Waals surface area contributed by atoms with E-state index in [1.165, 1.54) is 19.3 Å². The summed E-state index contributed by atoms with van der Waals surface area (Å²) in [5.74, 6) is 0.820. The van der Waals surface area contributed by atoms with Gasteiger partial charge >= 0.3 is 5.97 Å². The van der Waals surface area contributed by atoms with Gasteiger partial charge in [-0.15, -0.1) is 0 Å². The Balaban J connectivity index is 2.03. The van der Waals surface area contributed by atoms with Crippen LogP contribution < -0.4 is 4.90 Å². The molecule has 6 nitrogen and oxygen atoms in total. The zero-order valence-corrected chi connectivity index (χ0v) is 14.0. The summed E-state index contributed by atoms with van der Waals surface area (Å²) in [5, 5.41) is 9.17. The van der Waals surface area contributed by atoms with E-state index in [9.17, 15) is 9.90 Å². The van der Waals surface area contributed by atoms with E-state index in [2.05, 4.69) is 23.7 Å². The average Bonchev–Trinajstić information content (AvgIpc) is 2.97. The van der Waals surface area contributed by atoms with E-state index >= 15 is 0 Å². The molecule has 0 saturated heterocycles. The smallest absolute Gasteiger partial charge is 0.350 e. The van der Waals surface area contributed by atoms with E-state index in [4.69, 9.17) is 9.97 Å². The van der Waals surface area contributed by atoms with Crippen LogP contribution in [0.1, 0.15) is 63.3 Å². The fraction of sp³-hybridized carbons (Fsp3) is 0.647. The van der Waals surface area contributed by atoms with Gasteiger partial charge in [-0.25, -0.2) is 19.8 Å². The predicted octanol–water partition coefficient (Wildman–Crippen LogP) is 3.08. The molecule has 0 radical (unpaired) electrons. The zero-order chi connectivity index (χ0) is 16.6. The van der Waals surface area contributed by atoms with Crippen molar-refractivity contribution >= 4 is 23.3 Å². The number of fused-ring (bicyclic) bond motifs is 1. The van der Waals surface area contributed by atoms with E-state index in [0.29, 0.717) is 23.5 Å². The number of aromatic nitrogens is 2. The van der Waals surface area contributed by atoms with Gasteiger partial charge in [0.2, 0.25) is 0 Å². The largest absolute Gasteiger partial charge is 0.477 e. The molecular formula is C17H24N4O2. The molecule has 0 unspecified atom stereocenters. The third kappa shape index (κ3) is 3.07. The van der Waals surface area contributed by atoms with Crippen molar-refractivity contribution in [1.82, 2.24) is 9.97 Å². The lowest BCUT2D eigenvalue weighted by atomic mass is 9.86. The Kier molecular flexibility index (Phi) is 4.33. The molecule has 6 heteroatoms. The van der Waals surface area contributed by atoms with Gasteiger partial charge in [-0.1, -0.05) is 19.3 Å². The average molecular weight is 316 g/mol. The summed E-state index contributed by atoms with van der Waals surface area (Å²) in [4.78, 5) is 27.0. The van der Waals surface area contributed by atoms with Crippen molar-refractivity contribution < 1.29 is 9.90 Å². The Hall–Kier alpha value is -1.98. The monoisotopic (exact) mass is 316 g/mol. The van der Waals surface area contributed by atoms with Crippen molar-refractivity contribution in [3.8, 4) is 0 Å². The summed E-state index contributed by atoms with van der Waals surface area (Å²) in [7, 11) is 2.03. The first-order valence-corrected chi connectivity index (χ1v) is 8.42. The molecule has 0 atom stereocenters. The van der Waals surface area contributed by atoms with Crippen molar-refractivity contribution in [3.05, 3.63) is 11.4 Å². The van der Waals surface area contributed by atoms with E-state index in [1.54, 1.807) is 0 Å². The summed E-state index contributed by atoms with van der Waals surface area (Å²) >= 11 is 0. The highest BCUT2D eigenvalue weighted by Crippen LogP contribution is 2.38. The Bertz CT molecular complexity index is 648. The maximum absolute atomic E-state index is 11.2. The molecule has 1 aliphatic heterocycles. The lowest BCUT2D eigenvalue weighted by Crippen LogP contribution is -2.29. The van der Waals surface area contributed by atoms with Gasteiger partial charge in [0.1, 0.15) is 5.71 Å². The number of carbonyl (C=O) groups is 1. The first kappa shape index (κ1) is 15.9. The van der Waals surface area contributed by atoms with Crippen molar-refractivity contribution in [3.63, 3.8) is 0 Å². The zero-order valence-electron chi connectivity index (χ0n) is 14.0. The molecule has 2 heterocycles. The van der Waals surface area contributed by atoms with E-state index in [-0.39, 0.29) is 12.1 Å². The third-order valence-corrected chi connectivity index (χ3v) is 4.88. The van der Waals surface area contributed by atoms with E-state index in [0.717, 1.165) is 24.4 Å². The Labute approximate surface area is 136 Å². The maximum Gasteiger partial charge on any atom is 0.350 e. The van der Waals surface area contributed by atoms with Crippen molar-refractivity contribution in [2.75, 3.05) is 11.9 Å². The minimum Gasteiger partial charge on any atom is -0.477 e. The molecule has 1 aromatic rings. The summed E-state index contributed by atoms with van der Waals surface area (Å²) in [6, 6.07) is 0.311. The van der Waals surface area contributed by atoms with Gasteiger partial charge < -0.3 is 10.0 Å². The minimum atomic E-state index is -0.984. The first-order valence-electron chi connectivity index (χ1n) is 8.42. The fourth-order valence-corrected chi connectivity index (χ4v) is 3.28. The number of aliphatic carboxylic acids is 1. The molecule has 1 aliphatic carbocycles. The molecule has 0 bridgehead atoms. The summed E-state index contributed by atoms with van der Waals surface area (Å²) in [6.45, 7) is 4.25. The number of anilines is 1. The quantitative estimate of drug-likeness (QED) is 0.923. The molecule has 1 aromatic heterocycles. The predicted molar refractivity (Wildman–Crippen MR) is 89.8 cm³/mol. The van der Waals surface area contributed by atoms with Crippen LogP contribution in [0.15, 0.2) is 4.99 Å². The molecule has 1 N–H and O–H groups in total. The van der Waals surface area contributed by atoms with Gasteiger partial charge in [0.15, 0.2) is 11.6 Å². The van der Waals surface area contributed by atoms with Gasteiger partial charge in [0.05, 0.1) is 11.4 Å². The minimum absolute atomic E-state index is 0.138. The number of hydrogen-bond acceptors (Lipinski definition) is 5. The Morgan fingerprint density at radius 2 is 1.91 bits per heavy atom. The molecule has 1 saturated carbocycles. The Morgan fingerprint density at radius 1 is 1.22 bits per heavy atom. The van der Waals surface area contributed by atoms with Crippen molar-refractivity contribution in [2.24, 2.45) is 4.99 Å². The molecule has 1 fully saturated rings. The summed E-state index contributed by atoms with van der Waals surface area (Å²) < 4.78 is 0. The molecule has 3 rings (SSSR count). The van der Waals surface area contributed by atoms with Crippen LogP contribution in [0, 0.1) is 0 Å². The lowest BCUT2D eigenvalue weighted by molar-refractivity contribution is -0.129. The Morgan fingerprint density at radius 3 is 2.52 bits per heavy atom. The number of aliphatic imine (C=N–C) groups is 1. The van der Waals surface area contributed by atoms with Crippen LogP contribution in [0.25, 0.3) is 0 Å². The van der Waals surface area contributed by atoms with Gasteiger partial charge in [-0.2, -0.15) is 0 Å². The van der Waals surface area contributed by atoms with Gasteiger partial charge in [-0.05, 0) is 26.7 Å². The number of carboxylic acid groups (broad SMARTS) is 1. The van der Waals surface area contributed by atoms with Crippen LogP contribution >= 0.6 is 0 Å². The fourth-order valence-electron chi connectivity index (χ4n) is 3.28. The lowest BCUT2D eigenvalue weighted by Gasteiger charge is -2.29. The van der Waals surface area contributed by atoms with Crippen LogP contribution in [0.3, 0.4) is 0 Å². The molecule has 0 spiro atoms. The molecule has 2 aliphatic rings. The second-order valence-electron chi connectivity index (χ2n) is 6.78. The highest BCUT2D eigenvalue weighted by molar-refractivity contribution is 6.37. The highest BCUT2D eigenvalue weighted by Gasteiger charge is 2.29. The van der Waals surface area contributed by atoms with E-state index < -0.39 is 5.97 Å². The van der Waals surface area contributed by atoms with Gasteiger partial charge in [0, 0.05) is 25.4 Å². The number of nitrogens with zero attached hydrogens (tertiary/aromatic N) is 4. The topological polar surface area (TPSA) is 78.7 Å². The molecule has 0 aromatic carbocycles. The standard InChI is InChI=1S/C17H24N4O2/c1-10(2)21(3)16-14(11-7-5-4-6-8-11)20-15-12(19-16)9-13(18-15)17(22)23/h10-11H,4-9H2,1-3H3,(H,22,23). The third-order valence-electron chi connectivity index (χ3n) is 4.88.